The molecule has 2 nitrogen and oxygen atoms in total. The molecule has 0 aliphatic carbocycles. The lowest BCUT2D eigenvalue weighted by Crippen LogP contribution is -2.28. The van der Waals surface area contributed by atoms with Crippen LogP contribution in [0.25, 0.3) is 0 Å². The van der Waals surface area contributed by atoms with E-state index in [1.54, 1.807) is 0 Å². The number of hydrogen-bond donors (Lipinski definition) is 1. The summed E-state index contributed by atoms with van der Waals surface area (Å²) in [7, 11) is 0. The molecule has 2 rings (SSSR count). The zero-order chi connectivity index (χ0) is 15.4. The summed E-state index contributed by atoms with van der Waals surface area (Å²) in [4.78, 5) is 12.5. The largest absolute Gasteiger partial charge is 0.345 e. The summed E-state index contributed by atoms with van der Waals surface area (Å²) >= 11 is 9.31. The lowest BCUT2D eigenvalue weighted by atomic mass is 10.0. The normalized spacial score (nSPS) is 12.0. The van der Waals surface area contributed by atoms with Crippen molar-refractivity contribution in [1.82, 2.24) is 5.32 Å². The van der Waals surface area contributed by atoms with E-state index < -0.39 is 0 Å². The number of carbonyl (C=O) groups is 1. The number of rotatable bonds is 4. The summed E-state index contributed by atoms with van der Waals surface area (Å²) in [5, 5.41) is 3.78. The zero-order valence-corrected chi connectivity index (χ0v) is 14.3. The van der Waals surface area contributed by atoms with Gasteiger partial charge in [0.25, 0.3) is 5.91 Å². The Morgan fingerprint density at radius 3 is 2.52 bits per heavy atom. The molecule has 2 aromatic rings. The average Bonchev–Trinajstić information content (AvgIpc) is 2.48. The summed E-state index contributed by atoms with van der Waals surface area (Å²) in [5.41, 5.74) is 2.71. The van der Waals surface area contributed by atoms with Crippen molar-refractivity contribution in [2.24, 2.45) is 0 Å². The van der Waals surface area contributed by atoms with Gasteiger partial charge in [0, 0.05) is 15.1 Å². The van der Waals surface area contributed by atoms with Crippen molar-refractivity contribution >= 4 is 33.4 Å². The molecule has 0 aliphatic rings. The summed E-state index contributed by atoms with van der Waals surface area (Å²) in [5.74, 6) is -0.0596. The molecule has 1 unspecified atom stereocenters. The fourth-order valence-corrected chi connectivity index (χ4v) is 2.68. The van der Waals surface area contributed by atoms with Crippen LogP contribution in [0.3, 0.4) is 0 Å². The third kappa shape index (κ3) is 4.08. The molecule has 1 N–H and O–H groups in total. The van der Waals surface area contributed by atoms with Gasteiger partial charge in [0.1, 0.15) is 0 Å². The lowest BCUT2D eigenvalue weighted by molar-refractivity contribution is 0.0935. The first-order chi connectivity index (χ1) is 10.0. The maximum Gasteiger partial charge on any atom is 0.252 e. The number of benzene rings is 2. The second-order valence-corrected chi connectivity index (χ2v) is 6.30. The first-order valence-electron chi connectivity index (χ1n) is 6.83. The van der Waals surface area contributed by atoms with Gasteiger partial charge in [-0.3, -0.25) is 4.79 Å². The average molecular weight is 367 g/mol. The number of carbonyl (C=O) groups excluding carboxylic acids is 1. The second kappa shape index (κ2) is 7.10. The summed E-state index contributed by atoms with van der Waals surface area (Å²) in [6, 6.07) is 13.3. The lowest BCUT2D eigenvalue weighted by Gasteiger charge is -2.18. The summed E-state index contributed by atoms with van der Waals surface area (Å²) in [6.07, 6.45) is 0.820. The first-order valence-corrected chi connectivity index (χ1v) is 8.01. The smallest absolute Gasteiger partial charge is 0.252 e. The fraction of sp³-hybridized carbons (Fsp3) is 0.235. The van der Waals surface area contributed by atoms with Crippen LogP contribution in [0.15, 0.2) is 46.9 Å². The number of nitrogens with one attached hydrogen (secondary N) is 1. The maximum absolute atomic E-state index is 12.5. The van der Waals surface area contributed by atoms with Gasteiger partial charge in [-0.1, -0.05) is 52.7 Å². The van der Waals surface area contributed by atoms with E-state index in [2.05, 4.69) is 21.2 Å². The number of hydrogen-bond acceptors (Lipinski definition) is 1. The van der Waals surface area contributed by atoms with Gasteiger partial charge in [-0.05, 0) is 48.7 Å². The highest BCUT2D eigenvalue weighted by Gasteiger charge is 2.15. The van der Waals surface area contributed by atoms with E-state index >= 15 is 0 Å². The number of amides is 1. The van der Waals surface area contributed by atoms with E-state index in [9.17, 15) is 4.79 Å². The predicted molar refractivity (Wildman–Crippen MR) is 90.8 cm³/mol. The highest BCUT2D eigenvalue weighted by atomic mass is 79.9. The van der Waals surface area contributed by atoms with Gasteiger partial charge in [0.15, 0.2) is 0 Å². The molecule has 4 heteroatoms. The van der Waals surface area contributed by atoms with Crippen LogP contribution in [-0.4, -0.2) is 5.91 Å². The third-order valence-corrected chi connectivity index (χ3v) is 4.18. The van der Waals surface area contributed by atoms with Gasteiger partial charge in [0.05, 0.1) is 6.04 Å². The Morgan fingerprint density at radius 2 is 1.90 bits per heavy atom. The van der Waals surface area contributed by atoms with Crippen molar-refractivity contribution in [2.75, 3.05) is 0 Å². The van der Waals surface area contributed by atoms with Gasteiger partial charge in [0.2, 0.25) is 0 Å². The van der Waals surface area contributed by atoms with Gasteiger partial charge >= 0.3 is 0 Å². The molecule has 0 radical (unpaired) electrons. The SMILES string of the molecule is CCC(NC(=O)c1cc(Br)ccc1C)c1ccc(Cl)cc1. The van der Waals surface area contributed by atoms with Crippen LogP contribution >= 0.6 is 27.5 Å². The van der Waals surface area contributed by atoms with Crippen molar-refractivity contribution < 1.29 is 4.79 Å². The van der Waals surface area contributed by atoms with Gasteiger partial charge < -0.3 is 5.32 Å². The van der Waals surface area contributed by atoms with Crippen LogP contribution in [0.1, 0.15) is 40.9 Å². The summed E-state index contributed by atoms with van der Waals surface area (Å²) < 4.78 is 0.901. The van der Waals surface area contributed by atoms with Crippen molar-refractivity contribution in [3.8, 4) is 0 Å². The predicted octanol–water partition coefficient (Wildman–Crippen LogP) is 5.29. The third-order valence-electron chi connectivity index (χ3n) is 3.43. The molecule has 0 bridgehead atoms. The first kappa shape index (κ1) is 16.1. The Balaban J connectivity index is 2.20. The molecular weight excluding hydrogens is 350 g/mol. The van der Waals surface area contributed by atoms with E-state index in [1.165, 1.54) is 0 Å². The molecule has 0 saturated heterocycles. The fourth-order valence-electron chi connectivity index (χ4n) is 2.19. The molecule has 0 saturated carbocycles. The Hall–Kier alpha value is -1.32. The molecule has 21 heavy (non-hydrogen) atoms. The number of halogens is 2. The van der Waals surface area contributed by atoms with E-state index in [4.69, 9.17) is 11.6 Å². The molecule has 1 amide bonds. The highest BCUT2D eigenvalue weighted by molar-refractivity contribution is 9.10. The zero-order valence-electron chi connectivity index (χ0n) is 12.0. The molecule has 2 aromatic carbocycles. The molecule has 0 aromatic heterocycles. The summed E-state index contributed by atoms with van der Waals surface area (Å²) in [6.45, 7) is 3.98. The second-order valence-electron chi connectivity index (χ2n) is 4.95. The molecule has 0 fully saturated rings. The van der Waals surface area contributed by atoms with Crippen molar-refractivity contribution in [1.29, 1.82) is 0 Å². The van der Waals surface area contributed by atoms with Crippen molar-refractivity contribution in [3.05, 3.63) is 68.7 Å². The van der Waals surface area contributed by atoms with Crippen LogP contribution in [0, 0.1) is 6.92 Å². The minimum absolute atomic E-state index is 0.0202. The Morgan fingerprint density at radius 1 is 1.24 bits per heavy atom. The van der Waals surface area contributed by atoms with E-state index in [1.807, 2.05) is 56.3 Å². The van der Waals surface area contributed by atoms with Gasteiger partial charge in [-0.25, -0.2) is 0 Å². The number of aryl methyl sites for hydroxylation is 1. The van der Waals surface area contributed by atoms with E-state index in [-0.39, 0.29) is 11.9 Å². The standard InChI is InChI=1S/C17H17BrClNO/c1-3-16(12-5-8-14(19)9-6-12)20-17(21)15-10-13(18)7-4-11(15)2/h4-10,16H,3H2,1-2H3,(H,20,21). The van der Waals surface area contributed by atoms with E-state index in [0.717, 1.165) is 22.0 Å². The van der Waals surface area contributed by atoms with Crippen LogP contribution in [0.4, 0.5) is 0 Å². The maximum atomic E-state index is 12.5. The molecule has 0 aliphatic heterocycles. The Labute approximate surface area is 138 Å². The van der Waals surface area contributed by atoms with Crippen molar-refractivity contribution in [3.63, 3.8) is 0 Å². The van der Waals surface area contributed by atoms with Crippen molar-refractivity contribution in [2.45, 2.75) is 26.3 Å². The molecule has 1 atom stereocenters. The van der Waals surface area contributed by atoms with Gasteiger partial charge in [-0.2, -0.15) is 0 Å². The minimum atomic E-state index is -0.0596. The topological polar surface area (TPSA) is 29.1 Å². The van der Waals surface area contributed by atoms with E-state index in [0.29, 0.717) is 10.6 Å². The molecule has 0 heterocycles. The van der Waals surface area contributed by atoms with Crippen LogP contribution in [0.5, 0.6) is 0 Å². The van der Waals surface area contributed by atoms with Gasteiger partial charge in [-0.15, -0.1) is 0 Å². The quantitative estimate of drug-likeness (QED) is 0.782. The molecule has 110 valence electrons. The Bertz CT molecular complexity index is 640. The van der Waals surface area contributed by atoms with Crippen LogP contribution in [0.2, 0.25) is 5.02 Å². The molecule has 0 spiro atoms. The van der Waals surface area contributed by atoms with Crippen LogP contribution in [-0.2, 0) is 0 Å². The van der Waals surface area contributed by atoms with Crippen LogP contribution < -0.4 is 5.32 Å². The highest BCUT2D eigenvalue weighted by Crippen LogP contribution is 2.21. The minimum Gasteiger partial charge on any atom is -0.345 e. The molecular formula is C17H17BrClNO. The monoisotopic (exact) mass is 365 g/mol. The Kier molecular flexibility index (Phi) is 5.43.